The van der Waals surface area contributed by atoms with E-state index in [1.165, 1.54) is 4.31 Å². The zero-order chi connectivity index (χ0) is 29.7. The highest BCUT2D eigenvalue weighted by atomic mass is 32.2. The van der Waals surface area contributed by atoms with E-state index in [0.717, 1.165) is 28.2 Å². The zero-order valence-electron chi connectivity index (χ0n) is 24.1. The number of para-hydroxylation sites is 1. The van der Waals surface area contributed by atoms with Crippen LogP contribution in [0.15, 0.2) is 102 Å². The van der Waals surface area contributed by atoms with Crippen molar-refractivity contribution in [3.8, 4) is 28.4 Å². The van der Waals surface area contributed by atoms with Crippen molar-refractivity contribution >= 4 is 10.0 Å². The molecule has 2 heterocycles. The summed E-state index contributed by atoms with van der Waals surface area (Å²) < 4.78 is 41.5. The maximum atomic E-state index is 13.8. The fourth-order valence-corrected chi connectivity index (χ4v) is 6.96. The van der Waals surface area contributed by atoms with Crippen LogP contribution in [-0.2, 0) is 16.6 Å². The van der Waals surface area contributed by atoms with E-state index in [9.17, 15) is 13.5 Å². The minimum Gasteiger partial charge on any atom is -0.487 e. The standard InChI is InChI=1S/C33H37N3O5S/c1-24-20-36(25(2)23-37)42(38,39)33-14-11-28(27-15-17-34-18-16-27)19-31(33)41-32(24)22-35(3)21-26-9-12-30(13-10-26)40-29-7-5-4-6-8-29/h4-19,24-25,32,37H,20-23H2,1-3H3/t24-,25+,32+/m1/s1. The lowest BCUT2D eigenvalue weighted by Crippen LogP contribution is -2.49. The molecule has 220 valence electrons. The molecule has 3 aromatic carbocycles. The molecule has 0 aliphatic carbocycles. The van der Waals surface area contributed by atoms with E-state index in [2.05, 4.69) is 9.88 Å². The van der Waals surface area contributed by atoms with E-state index in [0.29, 0.717) is 18.8 Å². The summed E-state index contributed by atoms with van der Waals surface area (Å²) in [6.07, 6.45) is 3.11. The molecule has 1 aromatic heterocycles. The molecule has 0 unspecified atom stereocenters. The minimum absolute atomic E-state index is 0.106. The number of aliphatic hydroxyl groups is 1. The predicted molar refractivity (Wildman–Crippen MR) is 163 cm³/mol. The number of aromatic nitrogens is 1. The Bertz CT molecular complexity index is 1570. The van der Waals surface area contributed by atoms with Crippen LogP contribution in [0.5, 0.6) is 17.2 Å². The second-order valence-corrected chi connectivity index (χ2v) is 12.8. The van der Waals surface area contributed by atoms with Gasteiger partial charge >= 0.3 is 0 Å². The molecule has 0 radical (unpaired) electrons. The molecule has 3 atom stereocenters. The van der Waals surface area contributed by atoms with E-state index >= 15 is 0 Å². The van der Waals surface area contributed by atoms with Gasteiger partial charge in [-0.3, -0.25) is 9.88 Å². The van der Waals surface area contributed by atoms with E-state index in [1.54, 1.807) is 37.5 Å². The molecule has 0 spiro atoms. The Hall–Kier alpha value is -3.76. The smallest absolute Gasteiger partial charge is 0.247 e. The van der Waals surface area contributed by atoms with Crippen molar-refractivity contribution in [3.63, 3.8) is 0 Å². The molecule has 0 saturated heterocycles. The average molecular weight is 588 g/mol. The monoisotopic (exact) mass is 587 g/mol. The summed E-state index contributed by atoms with van der Waals surface area (Å²) in [5.41, 5.74) is 2.87. The van der Waals surface area contributed by atoms with Gasteiger partial charge in [0.2, 0.25) is 10.0 Å². The van der Waals surface area contributed by atoms with Gasteiger partial charge in [-0.25, -0.2) is 8.42 Å². The SMILES string of the molecule is C[C@@H]1CN([C@@H](C)CO)S(=O)(=O)c2ccc(-c3ccncc3)cc2O[C@H]1CN(C)Cc1ccc(Oc2ccccc2)cc1. The second-order valence-electron chi connectivity index (χ2n) is 10.9. The lowest BCUT2D eigenvalue weighted by molar-refractivity contribution is 0.0734. The average Bonchev–Trinajstić information content (AvgIpc) is 3.00. The number of benzene rings is 3. The van der Waals surface area contributed by atoms with Gasteiger partial charge in [0.1, 0.15) is 28.2 Å². The Balaban J connectivity index is 1.38. The molecule has 1 aliphatic rings. The van der Waals surface area contributed by atoms with Crippen LogP contribution in [0.2, 0.25) is 0 Å². The van der Waals surface area contributed by atoms with Gasteiger partial charge in [-0.2, -0.15) is 4.31 Å². The fraction of sp³-hybridized carbons (Fsp3) is 0.303. The summed E-state index contributed by atoms with van der Waals surface area (Å²) in [4.78, 5) is 6.37. The Morgan fingerprint density at radius 3 is 2.38 bits per heavy atom. The second kappa shape index (κ2) is 13.0. The van der Waals surface area contributed by atoms with Gasteiger partial charge in [-0.15, -0.1) is 0 Å². The van der Waals surface area contributed by atoms with Gasteiger partial charge in [0, 0.05) is 44.0 Å². The first kappa shape index (κ1) is 29.7. The highest BCUT2D eigenvalue weighted by Crippen LogP contribution is 2.36. The predicted octanol–water partition coefficient (Wildman–Crippen LogP) is 5.44. The van der Waals surface area contributed by atoms with Crippen molar-refractivity contribution in [1.29, 1.82) is 0 Å². The summed E-state index contributed by atoms with van der Waals surface area (Å²) in [5.74, 6) is 1.73. The number of nitrogens with zero attached hydrogens (tertiary/aromatic N) is 3. The number of hydrogen-bond acceptors (Lipinski definition) is 7. The Kier molecular flexibility index (Phi) is 9.23. The number of pyridine rings is 1. The van der Waals surface area contributed by atoms with Crippen LogP contribution >= 0.6 is 0 Å². The molecule has 1 N–H and O–H groups in total. The summed E-state index contributed by atoms with van der Waals surface area (Å²) in [5, 5.41) is 9.93. The molecule has 42 heavy (non-hydrogen) atoms. The van der Waals surface area contributed by atoms with E-state index in [1.807, 2.05) is 80.7 Å². The molecule has 0 amide bonds. The third-order valence-corrected chi connectivity index (χ3v) is 9.55. The lowest BCUT2D eigenvalue weighted by Gasteiger charge is -2.37. The number of rotatable bonds is 9. The molecular weight excluding hydrogens is 550 g/mol. The topological polar surface area (TPSA) is 92.2 Å². The zero-order valence-corrected chi connectivity index (χ0v) is 24.9. The van der Waals surface area contributed by atoms with Crippen molar-refractivity contribution in [1.82, 2.24) is 14.2 Å². The first-order valence-electron chi connectivity index (χ1n) is 14.1. The van der Waals surface area contributed by atoms with Crippen molar-refractivity contribution in [3.05, 3.63) is 103 Å². The number of ether oxygens (including phenoxy) is 2. The Morgan fingerprint density at radius 2 is 1.69 bits per heavy atom. The van der Waals surface area contributed by atoms with E-state index in [-0.39, 0.29) is 30.1 Å². The quantitative estimate of drug-likeness (QED) is 0.279. The van der Waals surface area contributed by atoms with Gasteiger partial charge in [0.15, 0.2) is 0 Å². The molecule has 0 bridgehead atoms. The van der Waals surface area contributed by atoms with Crippen LogP contribution in [-0.4, -0.2) is 66.6 Å². The number of hydrogen-bond donors (Lipinski definition) is 1. The number of aliphatic hydroxyl groups excluding tert-OH is 1. The normalized spacial score (nSPS) is 19.3. The molecule has 4 aromatic rings. The molecule has 8 nitrogen and oxygen atoms in total. The van der Waals surface area contributed by atoms with Crippen molar-refractivity contribution in [2.45, 2.75) is 37.4 Å². The molecule has 0 fully saturated rings. The molecule has 5 rings (SSSR count). The third kappa shape index (κ3) is 6.82. The molecule has 0 saturated carbocycles. The van der Waals surface area contributed by atoms with E-state index in [4.69, 9.17) is 9.47 Å². The van der Waals surface area contributed by atoms with Crippen LogP contribution in [0.1, 0.15) is 19.4 Å². The first-order valence-corrected chi connectivity index (χ1v) is 15.5. The Morgan fingerprint density at radius 1 is 1.00 bits per heavy atom. The Labute approximate surface area is 248 Å². The van der Waals surface area contributed by atoms with Gasteiger partial charge < -0.3 is 14.6 Å². The van der Waals surface area contributed by atoms with Crippen LogP contribution in [0.4, 0.5) is 0 Å². The summed E-state index contributed by atoms with van der Waals surface area (Å²) in [6.45, 7) is 4.94. The number of fused-ring (bicyclic) bond motifs is 1. The number of sulfonamides is 1. The van der Waals surface area contributed by atoms with Gasteiger partial charge in [0.25, 0.3) is 0 Å². The van der Waals surface area contributed by atoms with Gasteiger partial charge in [-0.1, -0.05) is 43.3 Å². The maximum Gasteiger partial charge on any atom is 0.247 e. The summed E-state index contributed by atoms with van der Waals surface area (Å²) >= 11 is 0. The van der Waals surface area contributed by atoms with Crippen molar-refractivity contribution in [2.24, 2.45) is 5.92 Å². The third-order valence-electron chi connectivity index (χ3n) is 7.53. The van der Waals surface area contributed by atoms with Crippen LogP contribution in [0.3, 0.4) is 0 Å². The molecule has 1 aliphatic heterocycles. The highest BCUT2D eigenvalue weighted by Gasteiger charge is 2.38. The van der Waals surface area contributed by atoms with Gasteiger partial charge in [0.05, 0.1) is 6.61 Å². The van der Waals surface area contributed by atoms with Gasteiger partial charge in [-0.05, 0) is 79.2 Å². The maximum absolute atomic E-state index is 13.8. The lowest BCUT2D eigenvalue weighted by atomic mass is 10.0. The van der Waals surface area contributed by atoms with Crippen molar-refractivity contribution in [2.75, 3.05) is 26.7 Å². The molecular formula is C33H37N3O5S. The van der Waals surface area contributed by atoms with Crippen LogP contribution in [0, 0.1) is 5.92 Å². The largest absolute Gasteiger partial charge is 0.487 e. The highest BCUT2D eigenvalue weighted by molar-refractivity contribution is 7.89. The fourth-order valence-electron chi connectivity index (χ4n) is 5.14. The van der Waals surface area contributed by atoms with Crippen LogP contribution < -0.4 is 9.47 Å². The van der Waals surface area contributed by atoms with Crippen LogP contribution in [0.25, 0.3) is 11.1 Å². The van der Waals surface area contributed by atoms with Crippen molar-refractivity contribution < 1.29 is 23.0 Å². The molecule has 9 heteroatoms. The summed E-state index contributed by atoms with van der Waals surface area (Å²) in [7, 11) is -1.87. The number of likely N-dealkylation sites (N-methyl/N-ethyl adjacent to an activating group) is 1. The van der Waals surface area contributed by atoms with E-state index < -0.39 is 16.1 Å². The first-order chi connectivity index (χ1) is 20.2. The summed E-state index contributed by atoms with van der Waals surface area (Å²) in [6, 6.07) is 26.1. The minimum atomic E-state index is -3.90.